The first-order chi connectivity index (χ1) is 21.7. The van der Waals surface area contributed by atoms with E-state index in [1.807, 2.05) is 13.8 Å². The molecule has 0 aliphatic rings. The fraction of sp³-hybridized carbons (Fsp3) is 0.707. The molecule has 0 fully saturated rings. The van der Waals surface area contributed by atoms with Crippen LogP contribution in [-0.2, 0) is 13.9 Å². The van der Waals surface area contributed by atoms with Crippen LogP contribution in [0.3, 0.4) is 0 Å². The molecule has 0 amide bonds. The molecule has 0 saturated heterocycles. The fourth-order valence-corrected chi connectivity index (χ4v) is 21.1. The second-order valence-electron chi connectivity index (χ2n) is 14.9. The van der Waals surface area contributed by atoms with Crippen LogP contribution in [0.4, 0.5) is 0 Å². The molecule has 1 unspecified atom stereocenters. The zero-order valence-corrected chi connectivity index (χ0v) is 36.5. The van der Waals surface area contributed by atoms with Gasteiger partial charge in [-0.1, -0.05) is 34.6 Å². The minimum atomic E-state index is -2.18. The van der Waals surface area contributed by atoms with Gasteiger partial charge >= 0.3 is 162 Å². The van der Waals surface area contributed by atoms with Crippen molar-refractivity contribution in [1.82, 2.24) is 0 Å². The van der Waals surface area contributed by atoms with E-state index in [2.05, 4.69) is 146 Å². The Morgan fingerprint density at radius 1 is 0.652 bits per heavy atom. The predicted molar refractivity (Wildman–Crippen MR) is 212 cm³/mol. The maximum atomic E-state index is 7.02. The Morgan fingerprint density at radius 3 is 1.50 bits per heavy atom. The van der Waals surface area contributed by atoms with Gasteiger partial charge in [0.1, 0.15) is 0 Å². The van der Waals surface area contributed by atoms with Crippen molar-refractivity contribution in [3.8, 4) is 0 Å². The molecule has 266 valence electrons. The normalized spacial score (nSPS) is 17.4. The average Bonchev–Trinajstić information content (AvgIpc) is 2.99. The summed E-state index contributed by atoms with van der Waals surface area (Å²) in [4.78, 5) is 0. The molecule has 0 bridgehead atoms. The summed E-state index contributed by atoms with van der Waals surface area (Å²) in [6.45, 7) is 29.9. The molecule has 5 atom stereocenters. The molecule has 0 aromatic heterocycles. The standard InChI is InChI=1S/C29H49O3Si.3C4H9.Sn/c1-12-14-15-16-17-18-19-20-21-22-23-24(3)28(32-33(10,11)29(7,8)9)25(4)26(5)31-27(6)30-13-2;3*1-3-4-2;/h1,12,14-28H,13H2,2-11H3;3*1,3-4H2,2H3;/b12-1?,15-14+,17-16+,19-18+,21-20+,23-22+;;;;/t24-,25-,26-,27?,28+;;;;/m0..../s1. The number of ether oxygens (including phenoxy) is 2. The van der Waals surface area contributed by atoms with Gasteiger partial charge in [-0.2, -0.15) is 0 Å². The number of allylic oxidation sites excluding steroid dienone is 10. The summed E-state index contributed by atoms with van der Waals surface area (Å²) in [5.41, 5.74) is 0. The van der Waals surface area contributed by atoms with Crippen LogP contribution < -0.4 is 0 Å². The van der Waals surface area contributed by atoms with Crippen molar-refractivity contribution in [2.75, 3.05) is 6.61 Å². The van der Waals surface area contributed by atoms with Gasteiger partial charge < -0.3 is 13.9 Å². The molecule has 0 radical (unpaired) electrons. The first kappa shape index (κ1) is 45.3. The van der Waals surface area contributed by atoms with Crippen LogP contribution in [0, 0.1) is 11.8 Å². The summed E-state index contributed by atoms with van der Waals surface area (Å²) in [6, 6.07) is 0. The SMILES string of the molecule is CCC[CH2][Sn](/[CH]=C/C=C/C=C/C=C/C=C/C=C/[C@H](C)[C@@H](O[Si](C)(C)C(C)(C)C)[C@@H](C)[C@H](C)OC(C)OCC)([CH2]CCC)[CH2]CCC. The van der Waals surface area contributed by atoms with E-state index in [1.54, 1.807) is 0 Å². The van der Waals surface area contributed by atoms with Crippen molar-refractivity contribution in [3.05, 3.63) is 70.9 Å². The fourth-order valence-electron chi connectivity index (χ4n) is 5.51. The molecule has 0 heterocycles. The summed E-state index contributed by atoms with van der Waals surface area (Å²) in [6.07, 6.45) is 31.9. The van der Waals surface area contributed by atoms with Gasteiger partial charge in [-0.25, -0.2) is 0 Å². The Bertz CT molecular complexity index is 918. The molecule has 0 aromatic rings. The summed E-state index contributed by atoms with van der Waals surface area (Å²) >= 11 is -2.18. The molecular weight excluding hydrogens is 687 g/mol. The van der Waals surface area contributed by atoms with E-state index >= 15 is 0 Å². The van der Waals surface area contributed by atoms with E-state index in [4.69, 9.17) is 13.9 Å². The molecule has 3 nitrogen and oxygen atoms in total. The van der Waals surface area contributed by atoms with Crippen molar-refractivity contribution in [1.29, 1.82) is 0 Å². The molecule has 0 rings (SSSR count). The monoisotopic (exact) mass is 764 g/mol. The van der Waals surface area contributed by atoms with Gasteiger partial charge in [-0.15, -0.1) is 0 Å². The topological polar surface area (TPSA) is 27.7 Å². The molecule has 0 aliphatic carbocycles. The van der Waals surface area contributed by atoms with Crippen LogP contribution in [0.15, 0.2) is 70.9 Å². The van der Waals surface area contributed by atoms with Gasteiger partial charge in [-0.05, 0) is 44.8 Å². The number of rotatable bonds is 25. The molecule has 0 aromatic carbocycles. The van der Waals surface area contributed by atoms with Gasteiger partial charge in [0.25, 0.3) is 0 Å². The van der Waals surface area contributed by atoms with Gasteiger partial charge in [0.05, 0.1) is 12.2 Å². The van der Waals surface area contributed by atoms with Crippen LogP contribution in [0.25, 0.3) is 0 Å². The Balaban J connectivity index is 5.34. The van der Waals surface area contributed by atoms with Gasteiger partial charge in [0, 0.05) is 12.5 Å². The van der Waals surface area contributed by atoms with E-state index in [0.717, 1.165) is 0 Å². The van der Waals surface area contributed by atoms with E-state index in [9.17, 15) is 0 Å². The second kappa shape index (κ2) is 25.3. The first-order valence-corrected chi connectivity index (χ1v) is 29.3. The third-order valence-electron chi connectivity index (χ3n) is 9.77. The van der Waals surface area contributed by atoms with Gasteiger partial charge in [0.2, 0.25) is 0 Å². The average molecular weight is 764 g/mol. The first-order valence-electron chi connectivity index (χ1n) is 18.7. The van der Waals surface area contributed by atoms with Gasteiger partial charge in [0.15, 0.2) is 14.6 Å². The van der Waals surface area contributed by atoms with Crippen LogP contribution >= 0.6 is 0 Å². The summed E-state index contributed by atoms with van der Waals surface area (Å²) in [5, 5.41) is 0.145. The zero-order valence-electron chi connectivity index (χ0n) is 32.6. The predicted octanol–water partition coefficient (Wildman–Crippen LogP) is 13.2. The van der Waals surface area contributed by atoms with Crippen molar-refractivity contribution in [2.45, 2.75) is 165 Å². The van der Waals surface area contributed by atoms with Crippen LogP contribution in [0.2, 0.25) is 31.4 Å². The quantitative estimate of drug-likeness (QED) is 0.0527. The van der Waals surface area contributed by atoms with Crippen molar-refractivity contribution >= 4 is 26.7 Å². The Hall–Kier alpha value is -0.664. The van der Waals surface area contributed by atoms with Crippen molar-refractivity contribution in [3.63, 3.8) is 0 Å². The molecule has 0 N–H and O–H groups in total. The van der Waals surface area contributed by atoms with E-state index in [0.29, 0.717) is 6.61 Å². The molecule has 0 aliphatic heterocycles. The summed E-state index contributed by atoms with van der Waals surface area (Å²) in [7, 11) is -1.97. The minimum absolute atomic E-state index is 0.0239. The molecular formula is C41H76O3SiSn. The Kier molecular flexibility index (Phi) is 25.0. The van der Waals surface area contributed by atoms with Crippen molar-refractivity contribution in [2.24, 2.45) is 11.8 Å². The van der Waals surface area contributed by atoms with Crippen LogP contribution in [-0.4, -0.2) is 51.8 Å². The zero-order chi connectivity index (χ0) is 35.1. The van der Waals surface area contributed by atoms with E-state index in [-0.39, 0.29) is 35.4 Å². The summed E-state index contributed by atoms with van der Waals surface area (Å²) in [5.74, 6) is 0.469. The van der Waals surface area contributed by atoms with Crippen LogP contribution in [0.5, 0.6) is 0 Å². The molecule has 0 spiro atoms. The second-order valence-corrected chi connectivity index (χ2v) is 32.6. The summed E-state index contributed by atoms with van der Waals surface area (Å²) < 4.78 is 26.2. The number of hydrogen-bond donors (Lipinski definition) is 0. The Morgan fingerprint density at radius 2 is 1.09 bits per heavy atom. The van der Waals surface area contributed by atoms with E-state index in [1.165, 1.54) is 51.8 Å². The Labute approximate surface area is 293 Å². The van der Waals surface area contributed by atoms with Crippen molar-refractivity contribution < 1.29 is 13.9 Å². The van der Waals surface area contributed by atoms with Gasteiger partial charge in [-0.3, -0.25) is 0 Å². The third kappa shape index (κ3) is 19.4. The number of unbranched alkanes of at least 4 members (excludes halogenated alkanes) is 3. The van der Waals surface area contributed by atoms with E-state index < -0.39 is 26.7 Å². The molecule has 46 heavy (non-hydrogen) atoms. The molecule has 0 saturated carbocycles. The van der Waals surface area contributed by atoms with Crippen LogP contribution in [0.1, 0.15) is 115 Å². The number of hydrogen-bond acceptors (Lipinski definition) is 3. The maximum absolute atomic E-state index is 7.02. The molecule has 5 heteroatoms. The third-order valence-corrected chi connectivity index (χ3v) is 28.4.